The first-order valence-corrected chi connectivity index (χ1v) is 26.1. The Hall–Kier alpha value is -3.37. The molecule has 20 heteroatoms. The summed E-state index contributed by atoms with van der Waals surface area (Å²) in [6.45, 7) is 19.1. The van der Waals surface area contributed by atoms with Crippen LogP contribution in [0.25, 0.3) is 0 Å². The number of esters is 1. The third-order valence-electron chi connectivity index (χ3n) is 15.4. The second kappa shape index (κ2) is 25.4. The van der Waals surface area contributed by atoms with Gasteiger partial charge in [0, 0.05) is 62.6 Å². The number of aliphatic hydroxyl groups is 2. The number of cyclic esters (lactones) is 1. The van der Waals surface area contributed by atoms with E-state index in [4.69, 9.17) is 54.2 Å². The average molecular weight is 1040 g/mol. The fraction of sp³-hybridized carbons (Fsp3) is 0.808. The molecule has 1 aromatic carbocycles. The maximum absolute atomic E-state index is 14.8. The molecule has 19 nitrogen and oxygen atoms in total. The van der Waals surface area contributed by atoms with E-state index in [0.717, 1.165) is 5.56 Å². The molecule has 4 aliphatic rings. The van der Waals surface area contributed by atoms with Gasteiger partial charge in [-0.2, -0.15) is 0 Å². The first-order chi connectivity index (χ1) is 33.7. The largest absolute Gasteiger partial charge is 0.509 e. The van der Waals surface area contributed by atoms with E-state index in [1.807, 2.05) is 83.8 Å². The predicted molar refractivity (Wildman–Crippen MR) is 267 cm³/mol. The molecular weight excluding hydrogens is 956 g/mol. The van der Waals surface area contributed by atoms with Gasteiger partial charge in [-0.15, -0.1) is 0 Å². The maximum Gasteiger partial charge on any atom is 0.509 e. The van der Waals surface area contributed by atoms with Crippen molar-refractivity contribution in [3.63, 3.8) is 0 Å². The number of hydrogen-bond donors (Lipinski definition) is 4. The van der Waals surface area contributed by atoms with E-state index in [-0.39, 0.29) is 56.2 Å². The summed E-state index contributed by atoms with van der Waals surface area (Å²) in [5.41, 5.74) is -3.21. The molecule has 0 spiro atoms. The molecule has 2 amide bonds. The third-order valence-corrected chi connectivity index (χ3v) is 15.8. The Morgan fingerprint density at radius 3 is 2.31 bits per heavy atom. The van der Waals surface area contributed by atoms with Crippen LogP contribution in [0.2, 0.25) is 5.02 Å². The van der Waals surface area contributed by atoms with Crippen molar-refractivity contribution in [3.8, 4) is 0 Å². The molecule has 4 fully saturated rings. The van der Waals surface area contributed by atoms with Crippen molar-refractivity contribution in [2.45, 2.75) is 204 Å². The van der Waals surface area contributed by atoms with E-state index in [0.29, 0.717) is 37.4 Å². The minimum absolute atomic E-state index is 0.0332. The lowest BCUT2D eigenvalue weighted by molar-refractivity contribution is -0.317. The fourth-order valence-corrected chi connectivity index (χ4v) is 11.5. The number of ether oxygens (including phenoxy) is 9. The van der Waals surface area contributed by atoms with Crippen molar-refractivity contribution in [2.75, 3.05) is 47.9 Å². The molecule has 410 valence electrons. The van der Waals surface area contributed by atoms with Crippen LogP contribution in [0.4, 0.5) is 9.59 Å². The molecule has 4 aliphatic heterocycles. The van der Waals surface area contributed by atoms with Crippen molar-refractivity contribution < 1.29 is 72.0 Å². The van der Waals surface area contributed by atoms with Crippen molar-refractivity contribution in [1.29, 1.82) is 0 Å². The quantitative estimate of drug-likeness (QED) is 0.0953. The number of methoxy groups -OCH3 is 1. The van der Waals surface area contributed by atoms with Crippen molar-refractivity contribution in [1.82, 2.24) is 20.4 Å². The van der Waals surface area contributed by atoms with Crippen molar-refractivity contribution in [3.05, 3.63) is 34.9 Å². The molecule has 0 radical (unpaired) electrons. The molecule has 4 heterocycles. The van der Waals surface area contributed by atoms with Gasteiger partial charge in [0.2, 0.25) is 5.91 Å². The van der Waals surface area contributed by atoms with Gasteiger partial charge in [-0.25, -0.2) is 9.59 Å². The number of likely N-dealkylation sites (N-methyl/N-ethyl adjacent to an activating group) is 2. The number of benzene rings is 1. The highest BCUT2D eigenvalue weighted by molar-refractivity contribution is 6.31. The van der Waals surface area contributed by atoms with Crippen LogP contribution in [0.3, 0.4) is 0 Å². The summed E-state index contributed by atoms with van der Waals surface area (Å²) in [5.74, 6) is -2.89. The highest BCUT2D eigenvalue weighted by Crippen LogP contribution is 2.42. The van der Waals surface area contributed by atoms with Gasteiger partial charge in [-0.05, 0) is 119 Å². The third kappa shape index (κ3) is 14.5. The lowest BCUT2D eigenvalue weighted by atomic mass is 9.77. The van der Waals surface area contributed by atoms with Crippen LogP contribution in [0, 0.1) is 17.8 Å². The molecule has 5 rings (SSSR count). The number of hydrogen-bond acceptors (Lipinski definition) is 17. The zero-order valence-corrected chi connectivity index (χ0v) is 45.8. The molecule has 0 saturated carbocycles. The minimum Gasteiger partial charge on any atom is -0.458 e. The SMILES string of the molecule is CCC1OC(=O)[C@H](C)[C@@H](O[C@H]2C[C@@](C)(OC)[C@@H](OC(=O)NCCCC(=O)NCCc3ccccc3Cl)[C@H](C)O2)[C@H](C)[C@@H](O[C@@H]2O[C@H](C)C[C@H](N(C)C)[C@H]2O)[C@](C)(O)C[C@@H](C)CN(C)[C@H](C)[C@H]2OC(=O)O[C@@]12C. The maximum atomic E-state index is 14.8. The molecule has 1 unspecified atom stereocenters. The zero-order chi connectivity index (χ0) is 53.5. The van der Waals surface area contributed by atoms with Gasteiger partial charge in [0.15, 0.2) is 30.4 Å². The van der Waals surface area contributed by atoms with Crippen molar-refractivity contribution in [2.24, 2.45) is 17.8 Å². The van der Waals surface area contributed by atoms with E-state index < -0.39 is 108 Å². The summed E-state index contributed by atoms with van der Waals surface area (Å²) < 4.78 is 56.6. The van der Waals surface area contributed by atoms with Gasteiger partial charge in [0.1, 0.15) is 17.8 Å². The summed E-state index contributed by atoms with van der Waals surface area (Å²) in [6, 6.07) is 6.76. The normalized spacial score (nSPS) is 39.4. The summed E-state index contributed by atoms with van der Waals surface area (Å²) in [6.07, 6.45) is -8.67. The van der Waals surface area contributed by atoms with Gasteiger partial charge in [0.25, 0.3) is 0 Å². The van der Waals surface area contributed by atoms with Crippen molar-refractivity contribution >= 4 is 35.7 Å². The zero-order valence-electron chi connectivity index (χ0n) is 45.0. The lowest BCUT2D eigenvalue weighted by Gasteiger charge is -2.49. The van der Waals surface area contributed by atoms with Crippen LogP contribution in [-0.2, 0) is 58.6 Å². The first-order valence-electron chi connectivity index (χ1n) is 25.7. The number of fused-ring (bicyclic) bond motifs is 1. The summed E-state index contributed by atoms with van der Waals surface area (Å²) in [5, 5.41) is 30.8. The fourth-order valence-electron chi connectivity index (χ4n) is 11.3. The number of aliphatic hydroxyl groups excluding tert-OH is 1. The summed E-state index contributed by atoms with van der Waals surface area (Å²) in [4.78, 5) is 57.4. The van der Waals surface area contributed by atoms with E-state index in [2.05, 4.69) is 10.6 Å². The molecule has 1 aromatic rings. The van der Waals surface area contributed by atoms with Crippen LogP contribution in [0.15, 0.2) is 24.3 Å². The van der Waals surface area contributed by atoms with Crippen LogP contribution in [0.1, 0.15) is 113 Å². The molecule has 0 aliphatic carbocycles. The number of halogens is 1. The Morgan fingerprint density at radius 2 is 1.65 bits per heavy atom. The molecule has 18 atom stereocenters. The van der Waals surface area contributed by atoms with Gasteiger partial charge < -0.3 is 68.4 Å². The lowest BCUT2D eigenvalue weighted by Crippen LogP contribution is -2.61. The minimum atomic E-state index is -1.62. The molecule has 72 heavy (non-hydrogen) atoms. The van der Waals surface area contributed by atoms with Gasteiger partial charge in [0.05, 0.1) is 35.9 Å². The molecule has 4 saturated heterocycles. The van der Waals surface area contributed by atoms with E-state index in [1.165, 1.54) is 7.11 Å². The van der Waals surface area contributed by atoms with E-state index >= 15 is 0 Å². The molecular formula is C52H85ClN4O15. The Bertz CT molecular complexity index is 1970. The summed E-state index contributed by atoms with van der Waals surface area (Å²) >= 11 is 6.24. The highest BCUT2D eigenvalue weighted by atomic mass is 35.5. The van der Waals surface area contributed by atoms with Gasteiger partial charge in [-0.3, -0.25) is 14.5 Å². The number of alkyl carbamates (subject to hydrolysis) is 1. The highest BCUT2D eigenvalue weighted by Gasteiger charge is 2.58. The number of nitrogens with zero attached hydrogens (tertiary/aromatic N) is 2. The Balaban J connectivity index is 1.39. The monoisotopic (exact) mass is 1040 g/mol. The predicted octanol–water partition coefficient (Wildman–Crippen LogP) is 5.61. The standard InChI is InChI=1S/C52H85ClN4O15/c1-15-38-52(10)44(71-49(62)72-52)33(6)57(13)28-29(2)26-50(8,63)43(69-47-41(59)37(56(11)12)25-30(3)65-47)31(4)42(32(5)46(60)67-38)68-40-27-51(9,64-14)45(34(7)66-40)70-48(61)55-23-18-21-39(58)54-24-22-35-19-16-17-20-36(35)53/h16-17,19-20,29-34,37-38,40-45,47,59,63H,15,18,21-28H2,1-14H3,(H,54,58)(H,55,61)/t29-,30-,31+,32-,33-,34+,37+,38?,40+,41-,42+,43-,44-,45+,47+,50-,51-,52+/m1/s1. The molecule has 4 N–H and O–H groups in total. The number of rotatable bonds is 15. The van der Waals surface area contributed by atoms with E-state index in [1.54, 1.807) is 40.7 Å². The Kier molecular flexibility index (Phi) is 21.0. The van der Waals surface area contributed by atoms with Crippen LogP contribution >= 0.6 is 11.6 Å². The van der Waals surface area contributed by atoms with Crippen LogP contribution in [-0.4, -0.2) is 182 Å². The number of nitrogens with one attached hydrogen (secondary N) is 2. The topological polar surface area (TPSA) is 222 Å². The summed E-state index contributed by atoms with van der Waals surface area (Å²) in [7, 11) is 7.16. The second-order valence-corrected chi connectivity index (χ2v) is 22.1. The second-order valence-electron chi connectivity index (χ2n) is 21.7. The molecule has 0 aromatic heterocycles. The van der Waals surface area contributed by atoms with Crippen LogP contribution < -0.4 is 10.6 Å². The smallest absolute Gasteiger partial charge is 0.458 e. The number of carbonyl (C=O) groups excluding carboxylic acids is 4. The average Bonchev–Trinajstić information content (AvgIpc) is 3.62. The van der Waals surface area contributed by atoms with Gasteiger partial charge in [-0.1, -0.05) is 50.6 Å². The number of carbonyl (C=O) groups is 4. The van der Waals surface area contributed by atoms with E-state index in [9.17, 15) is 29.4 Å². The Labute approximate surface area is 431 Å². The van der Waals surface area contributed by atoms with Gasteiger partial charge >= 0.3 is 18.2 Å². The van der Waals surface area contributed by atoms with Crippen LogP contribution in [0.5, 0.6) is 0 Å². The first kappa shape index (κ1) is 59.5. The molecule has 0 bridgehead atoms. The number of amides is 2. The Morgan fingerprint density at radius 1 is 0.958 bits per heavy atom.